The van der Waals surface area contributed by atoms with Gasteiger partial charge in [-0.05, 0) is 46.6 Å². The molecular weight excluding hydrogens is 309 g/mol. The number of hydrogen-bond donors (Lipinski definition) is 1. The van der Waals surface area contributed by atoms with Gasteiger partial charge in [-0.1, -0.05) is 25.1 Å². The van der Waals surface area contributed by atoms with Crippen molar-refractivity contribution in [1.82, 2.24) is 0 Å². The molecule has 0 unspecified atom stereocenters. The summed E-state index contributed by atoms with van der Waals surface area (Å²) in [5.74, 6) is 0.963. The lowest BCUT2D eigenvalue weighted by Gasteiger charge is -2.15. The van der Waals surface area contributed by atoms with E-state index in [0.29, 0.717) is 16.0 Å². The van der Waals surface area contributed by atoms with Crippen molar-refractivity contribution in [2.45, 2.75) is 19.4 Å². The summed E-state index contributed by atoms with van der Waals surface area (Å²) in [4.78, 5) is 0. The molecular formula is C15H15BrFNO. The highest BCUT2D eigenvalue weighted by Crippen LogP contribution is 2.31. The number of benzene rings is 2. The zero-order valence-corrected chi connectivity index (χ0v) is 12.2. The summed E-state index contributed by atoms with van der Waals surface area (Å²) in [6, 6.07) is 12.1. The van der Waals surface area contributed by atoms with Crippen LogP contribution < -0.4 is 10.5 Å². The van der Waals surface area contributed by atoms with Crippen LogP contribution in [0.2, 0.25) is 0 Å². The van der Waals surface area contributed by atoms with Gasteiger partial charge < -0.3 is 10.5 Å². The minimum absolute atomic E-state index is 0.0694. The highest BCUT2D eigenvalue weighted by atomic mass is 79.9. The zero-order chi connectivity index (χ0) is 13.8. The molecule has 100 valence electrons. The van der Waals surface area contributed by atoms with E-state index in [1.807, 2.05) is 31.2 Å². The second-order valence-corrected chi connectivity index (χ2v) is 5.08. The largest absolute Gasteiger partial charge is 0.457 e. The molecule has 0 bridgehead atoms. The smallest absolute Gasteiger partial charge is 0.137 e. The van der Waals surface area contributed by atoms with Crippen LogP contribution in [0.4, 0.5) is 4.39 Å². The monoisotopic (exact) mass is 323 g/mol. The molecule has 4 heteroatoms. The first kappa shape index (κ1) is 14.0. The van der Waals surface area contributed by atoms with E-state index in [0.717, 1.165) is 12.0 Å². The standard InChI is InChI=1S/C15H15BrFNO/c1-2-14(18)11-5-3-4-6-15(11)19-10-7-8-13(17)12(16)9-10/h3-9,14H,2,18H2,1H3/t14-/m1/s1. The maximum Gasteiger partial charge on any atom is 0.137 e. The average molecular weight is 324 g/mol. The van der Waals surface area contributed by atoms with Gasteiger partial charge in [0.1, 0.15) is 17.3 Å². The third kappa shape index (κ3) is 3.33. The minimum Gasteiger partial charge on any atom is -0.457 e. The topological polar surface area (TPSA) is 35.2 Å². The first-order chi connectivity index (χ1) is 9.11. The van der Waals surface area contributed by atoms with Gasteiger partial charge in [0, 0.05) is 11.6 Å². The third-order valence-corrected chi connectivity index (χ3v) is 3.48. The molecule has 0 aliphatic rings. The second-order valence-electron chi connectivity index (χ2n) is 4.23. The first-order valence-corrected chi connectivity index (χ1v) is 6.88. The van der Waals surface area contributed by atoms with Gasteiger partial charge in [0.2, 0.25) is 0 Å². The zero-order valence-electron chi connectivity index (χ0n) is 10.6. The molecule has 1 atom stereocenters. The number of para-hydroxylation sites is 1. The summed E-state index contributed by atoms with van der Waals surface area (Å²) >= 11 is 3.14. The summed E-state index contributed by atoms with van der Waals surface area (Å²) in [6.45, 7) is 2.02. The maximum absolute atomic E-state index is 13.2. The van der Waals surface area contributed by atoms with Crippen molar-refractivity contribution in [2.24, 2.45) is 5.73 Å². The van der Waals surface area contributed by atoms with Crippen molar-refractivity contribution < 1.29 is 9.13 Å². The van der Waals surface area contributed by atoms with Gasteiger partial charge in [0.15, 0.2) is 0 Å². The summed E-state index contributed by atoms with van der Waals surface area (Å²) in [7, 11) is 0. The molecule has 2 N–H and O–H groups in total. The number of hydrogen-bond acceptors (Lipinski definition) is 2. The van der Waals surface area contributed by atoms with Gasteiger partial charge in [0.05, 0.1) is 4.47 Å². The molecule has 0 aliphatic carbocycles. The molecule has 2 aromatic rings. The highest BCUT2D eigenvalue weighted by molar-refractivity contribution is 9.10. The molecule has 2 aromatic carbocycles. The molecule has 2 rings (SSSR count). The van der Waals surface area contributed by atoms with Crippen molar-refractivity contribution in [1.29, 1.82) is 0 Å². The van der Waals surface area contributed by atoms with Crippen LogP contribution in [0.3, 0.4) is 0 Å². The fraction of sp³-hybridized carbons (Fsp3) is 0.200. The molecule has 0 radical (unpaired) electrons. The lowest BCUT2D eigenvalue weighted by atomic mass is 10.0. The van der Waals surface area contributed by atoms with Gasteiger partial charge in [-0.2, -0.15) is 0 Å². The SMILES string of the molecule is CC[C@@H](N)c1ccccc1Oc1ccc(F)c(Br)c1. The van der Waals surface area contributed by atoms with Crippen molar-refractivity contribution >= 4 is 15.9 Å². The molecule has 0 aliphatic heterocycles. The van der Waals surface area contributed by atoms with Crippen molar-refractivity contribution in [3.8, 4) is 11.5 Å². The lowest BCUT2D eigenvalue weighted by molar-refractivity contribution is 0.466. The number of ether oxygens (including phenoxy) is 1. The maximum atomic E-state index is 13.2. The third-order valence-electron chi connectivity index (χ3n) is 2.88. The van der Waals surface area contributed by atoms with Gasteiger partial charge in [-0.25, -0.2) is 4.39 Å². The predicted octanol–water partition coefficient (Wildman–Crippen LogP) is 4.79. The summed E-state index contributed by atoms with van der Waals surface area (Å²) in [6.07, 6.45) is 0.827. The normalized spacial score (nSPS) is 12.2. The summed E-state index contributed by atoms with van der Waals surface area (Å²) < 4.78 is 19.3. The molecule has 0 saturated heterocycles. The van der Waals surface area contributed by atoms with Crippen LogP contribution in [-0.4, -0.2) is 0 Å². The van der Waals surface area contributed by atoms with Crippen LogP contribution in [-0.2, 0) is 0 Å². The van der Waals surface area contributed by atoms with Crippen LogP contribution in [0.25, 0.3) is 0 Å². The lowest BCUT2D eigenvalue weighted by Crippen LogP contribution is -2.09. The Balaban J connectivity index is 2.30. The van der Waals surface area contributed by atoms with Gasteiger partial charge in [-0.15, -0.1) is 0 Å². The summed E-state index contributed by atoms with van der Waals surface area (Å²) in [5.41, 5.74) is 7.00. The Morgan fingerprint density at radius 2 is 2.00 bits per heavy atom. The van der Waals surface area contributed by atoms with Crippen molar-refractivity contribution in [2.75, 3.05) is 0 Å². The Morgan fingerprint density at radius 3 is 2.68 bits per heavy atom. The van der Waals surface area contributed by atoms with E-state index in [1.165, 1.54) is 6.07 Å². The van der Waals surface area contributed by atoms with Crippen LogP contribution >= 0.6 is 15.9 Å². The molecule has 0 fully saturated rings. The average Bonchev–Trinajstić information content (AvgIpc) is 2.43. The van der Waals surface area contributed by atoms with E-state index >= 15 is 0 Å². The predicted molar refractivity (Wildman–Crippen MR) is 77.8 cm³/mol. The fourth-order valence-corrected chi connectivity index (χ4v) is 2.12. The first-order valence-electron chi connectivity index (χ1n) is 6.09. The molecule has 0 amide bonds. The van der Waals surface area contributed by atoms with E-state index in [9.17, 15) is 4.39 Å². The minimum atomic E-state index is -0.314. The Bertz CT molecular complexity index is 574. The number of nitrogens with two attached hydrogens (primary N) is 1. The van der Waals surface area contributed by atoms with Crippen LogP contribution in [0, 0.1) is 5.82 Å². The van der Waals surface area contributed by atoms with Crippen LogP contribution in [0.15, 0.2) is 46.9 Å². The van der Waals surface area contributed by atoms with E-state index < -0.39 is 0 Å². The Labute approximate surface area is 120 Å². The number of halogens is 2. The van der Waals surface area contributed by atoms with Crippen molar-refractivity contribution in [3.05, 3.63) is 58.3 Å². The van der Waals surface area contributed by atoms with E-state index in [1.54, 1.807) is 12.1 Å². The fourth-order valence-electron chi connectivity index (χ4n) is 1.77. The van der Waals surface area contributed by atoms with Gasteiger partial charge >= 0.3 is 0 Å². The van der Waals surface area contributed by atoms with E-state index in [-0.39, 0.29) is 11.9 Å². The van der Waals surface area contributed by atoms with Crippen LogP contribution in [0.1, 0.15) is 24.9 Å². The molecule has 0 heterocycles. The quantitative estimate of drug-likeness (QED) is 0.877. The van der Waals surface area contributed by atoms with Gasteiger partial charge in [-0.3, -0.25) is 0 Å². The van der Waals surface area contributed by atoms with Gasteiger partial charge in [0.25, 0.3) is 0 Å². The molecule has 0 spiro atoms. The second kappa shape index (κ2) is 6.17. The Hall–Kier alpha value is -1.39. The van der Waals surface area contributed by atoms with Crippen molar-refractivity contribution in [3.63, 3.8) is 0 Å². The highest BCUT2D eigenvalue weighted by Gasteiger charge is 2.11. The molecule has 19 heavy (non-hydrogen) atoms. The van der Waals surface area contributed by atoms with E-state index in [2.05, 4.69) is 15.9 Å². The molecule has 2 nitrogen and oxygen atoms in total. The summed E-state index contributed by atoms with van der Waals surface area (Å²) in [5, 5.41) is 0. The molecule has 0 aromatic heterocycles. The molecule has 0 saturated carbocycles. The number of rotatable bonds is 4. The Kier molecular flexibility index (Phi) is 4.56. The Morgan fingerprint density at radius 1 is 1.26 bits per heavy atom. The van der Waals surface area contributed by atoms with E-state index in [4.69, 9.17) is 10.5 Å². The van der Waals surface area contributed by atoms with Crippen LogP contribution in [0.5, 0.6) is 11.5 Å².